The summed E-state index contributed by atoms with van der Waals surface area (Å²) in [6.07, 6.45) is 0. The van der Waals surface area contributed by atoms with Crippen molar-refractivity contribution in [3.63, 3.8) is 0 Å². The van der Waals surface area contributed by atoms with Gasteiger partial charge in [-0.2, -0.15) is 0 Å². The summed E-state index contributed by atoms with van der Waals surface area (Å²) in [4.78, 5) is 25.0. The lowest BCUT2D eigenvalue weighted by Crippen LogP contribution is -2.00. The van der Waals surface area contributed by atoms with E-state index in [1.54, 1.807) is 6.07 Å². The Kier molecular flexibility index (Phi) is 4.39. The van der Waals surface area contributed by atoms with Crippen LogP contribution in [-0.2, 0) is 0 Å². The highest BCUT2D eigenvalue weighted by Crippen LogP contribution is 2.33. The van der Waals surface area contributed by atoms with E-state index in [0.29, 0.717) is 4.47 Å². The van der Waals surface area contributed by atoms with Gasteiger partial charge in [-0.05, 0) is 18.2 Å². The van der Waals surface area contributed by atoms with Crippen molar-refractivity contribution in [2.24, 2.45) is 0 Å². The van der Waals surface area contributed by atoms with Crippen LogP contribution in [0.1, 0.15) is 10.4 Å². The van der Waals surface area contributed by atoms with Crippen LogP contribution in [0.25, 0.3) is 0 Å². The molecule has 0 saturated heterocycles. The van der Waals surface area contributed by atoms with Gasteiger partial charge >= 0.3 is 11.7 Å². The fourth-order valence-corrected chi connectivity index (χ4v) is 2.03. The fraction of sp³-hybridized carbons (Fsp3) is 0. The molecule has 2 aromatic rings. The Morgan fingerprint density at radius 2 is 2.10 bits per heavy atom. The number of pyridine rings is 1. The molecule has 0 bridgehead atoms. The lowest BCUT2D eigenvalue weighted by Gasteiger charge is -2.07. The topological polar surface area (TPSA) is 103 Å². The zero-order valence-electron chi connectivity index (χ0n) is 10.1. The molecule has 1 aromatic heterocycles. The van der Waals surface area contributed by atoms with Crippen LogP contribution in [0.3, 0.4) is 0 Å². The zero-order valence-corrected chi connectivity index (χ0v) is 12.5. The third kappa shape index (κ3) is 3.67. The Labute approximate surface area is 131 Å². The molecule has 2 rings (SSSR count). The molecule has 108 valence electrons. The number of nitro benzene ring substituents is 1. The number of rotatable bonds is 4. The number of ether oxygens (including phenoxy) is 1. The van der Waals surface area contributed by atoms with Gasteiger partial charge in [0.2, 0.25) is 11.6 Å². The van der Waals surface area contributed by atoms with Gasteiger partial charge in [-0.25, -0.2) is 9.78 Å². The molecule has 0 saturated carbocycles. The molecule has 1 aromatic carbocycles. The van der Waals surface area contributed by atoms with E-state index in [4.69, 9.17) is 21.4 Å². The van der Waals surface area contributed by atoms with E-state index in [-0.39, 0.29) is 28.0 Å². The van der Waals surface area contributed by atoms with E-state index in [1.165, 1.54) is 12.1 Å². The van der Waals surface area contributed by atoms with E-state index >= 15 is 0 Å². The number of carboxylic acid groups (broad SMARTS) is 1. The number of aromatic nitrogens is 1. The predicted octanol–water partition coefficient (Wildman–Crippen LogP) is 3.90. The van der Waals surface area contributed by atoms with Gasteiger partial charge < -0.3 is 9.84 Å². The highest BCUT2D eigenvalue weighted by molar-refractivity contribution is 9.10. The van der Waals surface area contributed by atoms with Gasteiger partial charge in [0.1, 0.15) is 5.15 Å². The van der Waals surface area contributed by atoms with Crippen molar-refractivity contribution in [3.8, 4) is 11.6 Å². The van der Waals surface area contributed by atoms with Gasteiger partial charge in [0.25, 0.3) is 0 Å². The van der Waals surface area contributed by atoms with Gasteiger partial charge in [0.05, 0.1) is 10.5 Å². The van der Waals surface area contributed by atoms with Gasteiger partial charge in [0.15, 0.2) is 0 Å². The number of halogens is 2. The Morgan fingerprint density at radius 3 is 2.71 bits per heavy atom. The lowest BCUT2D eigenvalue weighted by molar-refractivity contribution is -0.385. The number of nitro groups is 1. The largest absolute Gasteiger partial charge is 0.478 e. The van der Waals surface area contributed by atoms with E-state index in [1.807, 2.05) is 0 Å². The van der Waals surface area contributed by atoms with Crippen LogP contribution < -0.4 is 4.74 Å². The Bertz CT molecular complexity index is 738. The van der Waals surface area contributed by atoms with Gasteiger partial charge in [-0.15, -0.1) is 0 Å². The summed E-state index contributed by atoms with van der Waals surface area (Å²) in [7, 11) is 0. The van der Waals surface area contributed by atoms with Crippen molar-refractivity contribution in [1.29, 1.82) is 0 Å². The van der Waals surface area contributed by atoms with E-state index < -0.39 is 10.9 Å². The van der Waals surface area contributed by atoms with Crippen molar-refractivity contribution >= 4 is 39.2 Å². The standard InChI is InChI=1S/C12H6BrClN2O5/c13-7-1-2-9(8(5-7)16(19)20)21-11-4-6(12(17)18)3-10(14)15-11/h1-5H,(H,17,18). The molecule has 0 spiro atoms. The van der Waals surface area contributed by atoms with Gasteiger partial charge in [-0.1, -0.05) is 27.5 Å². The normalized spacial score (nSPS) is 10.2. The van der Waals surface area contributed by atoms with Crippen molar-refractivity contribution in [3.05, 3.63) is 55.6 Å². The SMILES string of the molecule is O=C(O)c1cc(Cl)nc(Oc2ccc(Br)cc2[N+](=O)[O-])c1. The molecule has 1 heterocycles. The summed E-state index contributed by atoms with van der Waals surface area (Å²) in [5.74, 6) is -1.44. The predicted molar refractivity (Wildman–Crippen MR) is 77.1 cm³/mol. The Balaban J connectivity index is 2.43. The van der Waals surface area contributed by atoms with E-state index in [2.05, 4.69) is 20.9 Å². The first kappa shape index (κ1) is 15.2. The first-order valence-electron chi connectivity index (χ1n) is 5.39. The van der Waals surface area contributed by atoms with Gasteiger partial charge in [-0.3, -0.25) is 10.1 Å². The summed E-state index contributed by atoms with van der Waals surface area (Å²) in [5.41, 5.74) is -0.423. The number of hydrogen-bond donors (Lipinski definition) is 1. The fourth-order valence-electron chi connectivity index (χ4n) is 1.48. The van der Waals surface area contributed by atoms with Crippen LogP contribution in [-0.4, -0.2) is 21.0 Å². The van der Waals surface area contributed by atoms with E-state index in [9.17, 15) is 14.9 Å². The molecule has 7 nitrogen and oxygen atoms in total. The maximum absolute atomic E-state index is 11.0. The number of benzene rings is 1. The summed E-state index contributed by atoms with van der Waals surface area (Å²) >= 11 is 8.81. The number of carboxylic acids is 1. The maximum atomic E-state index is 11.0. The van der Waals surface area contributed by atoms with Crippen molar-refractivity contribution in [1.82, 2.24) is 4.98 Å². The quantitative estimate of drug-likeness (QED) is 0.495. The molecule has 0 aliphatic rings. The molecule has 1 N–H and O–H groups in total. The average molecular weight is 374 g/mol. The second-order valence-corrected chi connectivity index (χ2v) is 5.10. The summed E-state index contributed by atoms with van der Waals surface area (Å²) < 4.78 is 5.78. The van der Waals surface area contributed by atoms with Crippen molar-refractivity contribution in [2.75, 3.05) is 0 Å². The molecular formula is C12H6BrClN2O5. The number of hydrogen-bond acceptors (Lipinski definition) is 5. The second kappa shape index (κ2) is 6.06. The molecule has 0 aliphatic carbocycles. The monoisotopic (exact) mass is 372 g/mol. The third-order valence-corrected chi connectivity index (χ3v) is 3.04. The summed E-state index contributed by atoms with van der Waals surface area (Å²) in [6.45, 7) is 0. The number of nitrogens with zero attached hydrogens (tertiary/aromatic N) is 2. The van der Waals surface area contributed by atoms with Gasteiger partial charge in [0, 0.05) is 16.6 Å². The van der Waals surface area contributed by atoms with Crippen LogP contribution in [0.15, 0.2) is 34.8 Å². The summed E-state index contributed by atoms with van der Waals surface area (Å²) in [6, 6.07) is 6.45. The van der Waals surface area contributed by atoms with Crippen LogP contribution in [0, 0.1) is 10.1 Å². The average Bonchev–Trinajstić information content (AvgIpc) is 2.40. The van der Waals surface area contributed by atoms with Crippen LogP contribution in [0.2, 0.25) is 5.15 Å². The molecule has 0 fully saturated rings. The first-order valence-corrected chi connectivity index (χ1v) is 6.56. The Morgan fingerprint density at radius 1 is 1.38 bits per heavy atom. The molecular weight excluding hydrogens is 367 g/mol. The molecule has 0 aliphatic heterocycles. The summed E-state index contributed by atoms with van der Waals surface area (Å²) in [5, 5.41) is 19.8. The van der Waals surface area contributed by atoms with Crippen LogP contribution in [0.4, 0.5) is 5.69 Å². The molecule has 21 heavy (non-hydrogen) atoms. The minimum absolute atomic E-state index is 0.0747. The zero-order chi connectivity index (χ0) is 15.6. The van der Waals surface area contributed by atoms with E-state index in [0.717, 1.165) is 12.1 Å². The highest BCUT2D eigenvalue weighted by Gasteiger charge is 2.18. The number of carbonyl (C=O) groups is 1. The van der Waals surface area contributed by atoms with Crippen molar-refractivity contribution < 1.29 is 19.6 Å². The molecule has 0 unspecified atom stereocenters. The maximum Gasteiger partial charge on any atom is 0.335 e. The first-order chi connectivity index (χ1) is 9.86. The minimum atomic E-state index is -1.21. The van der Waals surface area contributed by atoms with Crippen molar-refractivity contribution in [2.45, 2.75) is 0 Å². The van der Waals surface area contributed by atoms with Crippen LogP contribution in [0.5, 0.6) is 11.6 Å². The highest BCUT2D eigenvalue weighted by atomic mass is 79.9. The Hall–Kier alpha value is -2.19. The molecule has 0 atom stereocenters. The van der Waals surface area contributed by atoms with Crippen LogP contribution >= 0.6 is 27.5 Å². The molecule has 0 amide bonds. The smallest absolute Gasteiger partial charge is 0.335 e. The third-order valence-electron chi connectivity index (χ3n) is 2.35. The number of aromatic carboxylic acids is 1. The second-order valence-electron chi connectivity index (χ2n) is 3.79. The molecule has 0 radical (unpaired) electrons. The molecule has 9 heteroatoms. The minimum Gasteiger partial charge on any atom is -0.478 e. The lowest BCUT2D eigenvalue weighted by atomic mass is 10.2.